The quantitative estimate of drug-likeness (QED) is 0.853. The number of aromatic nitrogens is 1. The molecule has 1 heterocycles. The molecule has 0 radical (unpaired) electrons. The third kappa shape index (κ3) is 2.23. The first-order valence-electron chi connectivity index (χ1n) is 5.03. The molecule has 16 heavy (non-hydrogen) atoms. The second-order valence-corrected chi connectivity index (χ2v) is 3.35. The Morgan fingerprint density at radius 1 is 1.44 bits per heavy atom. The minimum absolute atomic E-state index is 0.0735. The predicted octanol–water partition coefficient (Wildman–Crippen LogP) is 1.89. The van der Waals surface area contributed by atoms with E-state index in [0.29, 0.717) is 12.3 Å². The molecule has 0 spiro atoms. The van der Waals surface area contributed by atoms with Crippen LogP contribution in [0.1, 0.15) is 5.69 Å². The third-order valence-corrected chi connectivity index (χ3v) is 2.24. The number of aliphatic hydroxyl groups is 1. The highest BCUT2D eigenvalue weighted by Crippen LogP contribution is 2.23. The van der Waals surface area contributed by atoms with Crippen molar-refractivity contribution in [1.29, 1.82) is 0 Å². The summed E-state index contributed by atoms with van der Waals surface area (Å²) < 4.78 is 10.4. The van der Waals surface area contributed by atoms with Gasteiger partial charge in [0.15, 0.2) is 0 Å². The van der Waals surface area contributed by atoms with E-state index in [1.807, 2.05) is 24.3 Å². The van der Waals surface area contributed by atoms with E-state index in [1.165, 1.54) is 0 Å². The average molecular weight is 219 g/mol. The van der Waals surface area contributed by atoms with E-state index in [9.17, 15) is 0 Å². The molecular formula is C12H13NO3. The maximum atomic E-state index is 8.78. The van der Waals surface area contributed by atoms with Crippen molar-refractivity contribution in [3.05, 3.63) is 36.2 Å². The molecule has 0 saturated heterocycles. The normalized spacial score (nSPS) is 10.4. The number of rotatable bonds is 4. The topological polar surface area (TPSA) is 55.5 Å². The number of nitrogens with zero attached hydrogens (tertiary/aromatic N) is 1. The van der Waals surface area contributed by atoms with Crippen molar-refractivity contribution in [2.75, 3.05) is 13.7 Å². The van der Waals surface area contributed by atoms with E-state index in [0.717, 1.165) is 17.0 Å². The van der Waals surface area contributed by atoms with Crippen LogP contribution < -0.4 is 4.74 Å². The van der Waals surface area contributed by atoms with E-state index in [4.69, 9.17) is 14.3 Å². The van der Waals surface area contributed by atoms with Crippen molar-refractivity contribution in [2.24, 2.45) is 0 Å². The highest BCUT2D eigenvalue weighted by Gasteiger charge is 2.06. The van der Waals surface area contributed by atoms with Gasteiger partial charge in [-0.05, 0) is 18.2 Å². The van der Waals surface area contributed by atoms with Crippen LogP contribution in [-0.2, 0) is 6.42 Å². The van der Waals surface area contributed by atoms with Gasteiger partial charge in [0.1, 0.15) is 12.0 Å². The van der Waals surface area contributed by atoms with Gasteiger partial charge in [-0.1, -0.05) is 6.07 Å². The van der Waals surface area contributed by atoms with Crippen LogP contribution in [0.15, 0.2) is 34.9 Å². The monoisotopic (exact) mass is 219 g/mol. The van der Waals surface area contributed by atoms with E-state index < -0.39 is 0 Å². The molecular weight excluding hydrogens is 206 g/mol. The van der Waals surface area contributed by atoms with Crippen LogP contribution in [0.4, 0.5) is 0 Å². The number of ether oxygens (including phenoxy) is 1. The van der Waals surface area contributed by atoms with Gasteiger partial charge in [-0.15, -0.1) is 0 Å². The van der Waals surface area contributed by atoms with E-state index in [2.05, 4.69) is 4.98 Å². The number of aliphatic hydroxyl groups excluding tert-OH is 1. The lowest BCUT2D eigenvalue weighted by atomic mass is 10.2. The van der Waals surface area contributed by atoms with Gasteiger partial charge >= 0.3 is 0 Å². The molecule has 0 aliphatic heterocycles. The first-order chi connectivity index (χ1) is 7.83. The Morgan fingerprint density at radius 3 is 3.06 bits per heavy atom. The van der Waals surface area contributed by atoms with Crippen LogP contribution in [0.2, 0.25) is 0 Å². The van der Waals surface area contributed by atoms with Crippen molar-refractivity contribution < 1.29 is 14.3 Å². The Balaban J connectivity index is 2.27. The molecule has 4 heteroatoms. The molecule has 4 nitrogen and oxygen atoms in total. The third-order valence-electron chi connectivity index (χ3n) is 2.24. The lowest BCUT2D eigenvalue weighted by Crippen LogP contribution is -1.90. The van der Waals surface area contributed by atoms with Crippen LogP contribution in [0.25, 0.3) is 11.5 Å². The van der Waals surface area contributed by atoms with Crippen molar-refractivity contribution in [3.63, 3.8) is 0 Å². The van der Waals surface area contributed by atoms with Crippen molar-refractivity contribution in [3.8, 4) is 17.2 Å². The molecule has 0 atom stereocenters. The van der Waals surface area contributed by atoms with Gasteiger partial charge in [0, 0.05) is 18.6 Å². The summed E-state index contributed by atoms with van der Waals surface area (Å²) in [4.78, 5) is 4.26. The largest absolute Gasteiger partial charge is 0.497 e. The number of benzene rings is 1. The predicted molar refractivity (Wildman–Crippen MR) is 59.3 cm³/mol. The Bertz CT molecular complexity index is 465. The first kappa shape index (κ1) is 10.7. The fourth-order valence-corrected chi connectivity index (χ4v) is 1.43. The summed E-state index contributed by atoms with van der Waals surface area (Å²) in [5, 5.41) is 8.78. The molecule has 0 amide bonds. The van der Waals surface area contributed by atoms with Gasteiger partial charge in [-0.2, -0.15) is 0 Å². The number of methoxy groups -OCH3 is 1. The van der Waals surface area contributed by atoms with Crippen LogP contribution >= 0.6 is 0 Å². The molecule has 2 rings (SSSR count). The Kier molecular flexibility index (Phi) is 3.22. The molecule has 1 aromatic heterocycles. The van der Waals surface area contributed by atoms with Crippen LogP contribution in [0.5, 0.6) is 5.75 Å². The van der Waals surface area contributed by atoms with Crippen molar-refractivity contribution in [1.82, 2.24) is 4.98 Å². The fraction of sp³-hybridized carbons (Fsp3) is 0.250. The van der Waals surface area contributed by atoms with Crippen LogP contribution in [0.3, 0.4) is 0 Å². The molecule has 84 valence electrons. The molecule has 1 aromatic carbocycles. The van der Waals surface area contributed by atoms with Crippen LogP contribution in [0, 0.1) is 0 Å². The van der Waals surface area contributed by atoms with Crippen LogP contribution in [-0.4, -0.2) is 23.8 Å². The Hall–Kier alpha value is -1.81. The zero-order valence-corrected chi connectivity index (χ0v) is 9.01. The van der Waals surface area contributed by atoms with E-state index >= 15 is 0 Å². The minimum Gasteiger partial charge on any atom is -0.497 e. The molecule has 0 aliphatic carbocycles. The van der Waals surface area contributed by atoms with Gasteiger partial charge in [0.2, 0.25) is 5.89 Å². The van der Waals surface area contributed by atoms with Gasteiger partial charge < -0.3 is 14.3 Å². The maximum Gasteiger partial charge on any atom is 0.226 e. The number of hydrogen-bond donors (Lipinski definition) is 1. The summed E-state index contributed by atoms with van der Waals surface area (Å²) in [5.41, 5.74) is 1.61. The molecule has 0 unspecified atom stereocenters. The summed E-state index contributed by atoms with van der Waals surface area (Å²) in [6.07, 6.45) is 2.07. The molecule has 2 aromatic rings. The number of oxazole rings is 1. The molecule has 0 saturated carbocycles. The highest BCUT2D eigenvalue weighted by atomic mass is 16.5. The lowest BCUT2D eigenvalue weighted by molar-refractivity contribution is 0.298. The number of hydrogen-bond acceptors (Lipinski definition) is 4. The van der Waals surface area contributed by atoms with Gasteiger partial charge in [0.05, 0.1) is 12.8 Å². The van der Waals surface area contributed by atoms with Gasteiger partial charge in [0.25, 0.3) is 0 Å². The summed E-state index contributed by atoms with van der Waals surface area (Å²) >= 11 is 0. The minimum atomic E-state index is 0.0735. The SMILES string of the molecule is COc1cccc(-c2nc(CCO)co2)c1. The molecule has 0 bridgehead atoms. The standard InChI is InChI=1S/C12H13NO3/c1-15-11-4-2-3-9(7-11)12-13-10(5-6-14)8-16-12/h2-4,7-8,14H,5-6H2,1H3. The Labute approximate surface area is 93.5 Å². The summed E-state index contributed by atoms with van der Waals surface area (Å²) in [7, 11) is 1.62. The second kappa shape index (κ2) is 4.81. The summed E-state index contributed by atoms with van der Waals surface area (Å²) in [5.74, 6) is 1.31. The fourth-order valence-electron chi connectivity index (χ4n) is 1.43. The molecule has 0 fully saturated rings. The van der Waals surface area contributed by atoms with Gasteiger partial charge in [-0.3, -0.25) is 0 Å². The van der Waals surface area contributed by atoms with Gasteiger partial charge in [-0.25, -0.2) is 4.98 Å². The highest BCUT2D eigenvalue weighted by molar-refractivity contribution is 5.55. The van der Waals surface area contributed by atoms with E-state index in [1.54, 1.807) is 13.4 Å². The molecule has 0 aliphatic rings. The Morgan fingerprint density at radius 2 is 2.31 bits per heavy atom. The maximum absolute atomic E-state index is 8.78. The van der Waals surface area contributed by atoms with Crippen molar-refractivity contribution >= 4 is 0 Å². The smallest absolute Gasteiger partial charge is 0.226 e. The van der Waals surface area contributed by atoms with E-state index in [-0.39, 0.29) is 6.61 Å². The average Bonchev–Trinajstić information content (AvgIpc) is 2.78. The summed E-state index contributed by atoms with van der Waals surface area (Å²) in [6, 6.07) is 7.50. The first-order valence-corrected chi connectivity index (χ1v) is 5.03. The second-order valence-electron chi connectivity index (χ2n) is 3.35. The summed E-state index contributed by atoms with van der Waals surface area (Å²) in [6.45, 7) is 0.0735. The lowest BCUT2D eigenvalue weighted by Gasteiger charge is -2.00. The van der Waals surface area contributed by atoms with Crippen molar-refractivity contribution in [2.45, 2.75) is 6.42 Å². The zero-order chi connectivity index (χ0) is 11.4. The molecule has 1 N–H and O–H groups in total. The zero-order valence-electron chi connectivity index (χ0n) is 9.01.